The van der Waals surface area contributed by atoms with Gasteiger partial charge in [-0.15, -0.1) is 11.3 Å². The summed E-state index contributed by atoms with van der Waals surface area (Å²) in [4.78, 5) is 26.3. The van der Waals surface area contributed by atoms with E-state index in [1.54, 1.807) is 0 Å². The third-order valence-electron chi connectivity index (χ3n) is 6.61. The van der Waals surface area contributed by atoms with Crippen molar-refractivity contribution >= 4 is 32.6 Å². The maximum Gasteiger partial charge on any atom is 0.260 e. The molecule has 0 bridgehead atoms. The van der Waals surface area contributed by atoms with Crippen LogP contribution in [0.4, 0.5) is 0 Å². The molecule has 0 amide bonds. The summed E-state index contributed by atoms with van der Waals surface area (Å²) < 4.78 is 5.25. The summed E-state index contributed by atoms with van der Waals surface area (Å²) in [5, 5.41) is 2.99. The van der Waals surface area contributed by atoms with E-state index in [0.29, 0.717) is 11.4 Å². The first kappa shape index (κ1) is 28.1. The van der Waals surface area contributed by atoms with E-state index in [-0.39, 0.29) is 5.56 Å². The number of imidazole rings is 1. The number of nitrogens with one attached hydrogen (secondary N) is 2. The molecule has 4 aromatic rings. The van der Waals surface area contributed by atoms with Gasteiger partial charge in [-0.25, -0.2) is 4.98 Å². The maximum absolute atomic E-state index is 12.2. The summed E-state index contributed by atoms with van der Waals surface area (Å²) in [6.07, 6.45) is 3.91. The average molecular weight is 511 g/mol. The van der Waals surface area contributed by atoms with E-state index >= 15 is 0 Å². The molecule has 7 heteroatoms. The fourth-order valence-corrected chi connectivity index (χ4v) is 4.91. The molecule has 1 aliphatic heterocycles. The zero-order chi connectivity index (χ0) is 26.1. The van der Waals surface area contributed by atoms with E-state index in [1.165, 1.54) is 43.7 Å². The monoisotopic (exact) mass is 510 g/mol. The topological polar surface area (TPSA) is 74.0 Å². The number of aryl methyl sites for hydroxylation is 1. The quantitative estimate of drug-likeness (QED) is 0.268. The molecule has 1 saturated heterocycles. The van der Waals surface area contributed by atoms with E-state index in [0.717, 1.165) is 52.0 Å². The van der Waals surface area contributed by atoms with Gasteiger partial charge in [0.15, 0.2) is 0 Å². The van der Waals surface area contributed by atoms with Crippen LogP contribution in [-0.4, -0.2) is 52.2 Å². The maximum atomic E-state index is 12.2. The molecular formula is C29H42N4O2S. The number of hydrogen-bond donors (Lipinski definition) is 2. The second-order valence-electron chi connectivity index (χ2n) is 9.35. The molecule has 2 N–H and O–H groups in total. The molecule has 1 unspecified atom stereocenters. The number of H-pyrrole nitrogens is 2. The van der Waals surface area contributed by atoms with Crippen LogP contribution in [0.15, 0.2) is 40.5 Å². The number of ether oxygens (including phenoxy) is 1. The fraction of sp³-hybridized carbons (Fsp3) is 0.517. The predicted molar refractivity (Wildman–Crippen MR) is 154 cm³/mol. The highest BCUT2D eigenvalue weighted by atomic mass is 32.1. The van der Waals surface area contributed by atoms with Crippen LogP contribution in [0.3, 0.4) is 0 Å². The molecule has 5 rings (SSSR count). The second kappa shape index (κ2) is 13.7. The van der Waals surface area contributed by atoms with Crippen LogP contribution in [0, 0.1) is 12.8 Å². The Balaban J connectivity index is 0.000000200. The van der Waals surface area contributed by atoms with Gasteiger partial charge in [-0.05, 0) is 74.0 Å². The van der Waals surface area contributed by atoms with E-state index in [2.05, 4.69) is 40.6 Å². The van der Waals surface area contributed by atoms with Crippen molar-refractivity contribution in [3.05, 3.63) is 51.6 Å². The van der Waals surface area contributed by atoms with Crippen molar-refractivity contribution in [3.63, 3.8) is 0 Å². The number of rotatable bonds is 8. The van der Waals surface area contributed by atoms with Crippen molar-refractivity contribution in [1.29, 1.82) is 0 Å². The lowest BCUT2D eigenvalue weighted by molar-refractivity contribution is -0.0659. The fourth-order valence-electron chi connectivity index (χ4n) is 4.14. The third kappa shape index (κ3) is 7.05. The minimum absolute atomic E-state index is 0.115. The summed E-state index contributed by atoms with van der Waals surface area (Å²) in [5.74, 6) is 1.48. The van der Waals surface area contributed by atoms with Crippen molar-refractivity contribution in [2.24, 2.45) is 5.92 Å². The average Bonchev–Trinajstić information content (AvgIpc) is 3.48. The highest BCUT2D eigenvalue weighted by Gasteiger charge is 2.25. The van der Waals surface area contributed by atoms with Crippen LogP contribution in [-0.2, 0) is 4.74 Å². The Hall–Kier alpha value is -2.48. The number of fused-ring (bicyclic) bond motifs is 2. The van der Waals surface area contributed by atoms with E-state index < -0.39 is 0 Å². The van der Waals surface area contributed by atoms with Gasteiger partial charge in [0.05, 0.1) is 35.9 Å². The first-order valence-electron chi connectivity index (χ1n) is 13.4. The predicted octanol–water partition coefficient (Wildman–Crippen LogP) is 7.00. The number of pyridine rings is 1. The van der Waals surface area contributed by atoms with E-state index in [1.807, 2.05) is 56.5 Å². The van der Waals surface area contributed by atoms with Crippen molar-refractivity contribution < 1.29 is 4.74 Å². The molecule has 0 spiro atoms. The van der Waals surface area contributed by atoms with Gasteiger partial charge in [0, 0.05) is 5.39 Å². The number of benzene rings is 1. The van der Waals surface area contributed by atoms with Crippen molar-refractivity contribution in [3.8, 4) is 11.4 Å². The van der Waals surface area contributed by atoms with Crippen LogP contribution in [0.2, 0.25) is 0 Å². The van der Waals surface area contributed by atoms with Gasteiger partial charge in [0.2, 0.25) is 0 Å². The Morgan fingerprint density at radius 3 is 2.58 bits per heavy atom. The molecule has 1 aliphatic rings. The summed E-state index contributed by atoms with van der Waals surface area (Å²) in [7, 11) is 0. The van der Waals surface area contributed by atoms with Crippen molar-refractivity contribution in [2.75, 3.05) is 26.3 Å². The van der Waals surface area contributed by atoms with Gasteiger partial charge in [0.1, 0.15) is 10.7 Å². The minimum atomic E-state index is -0.115. The zero-order valence-electron chi connectivity index (χ0n) is 22.7. The Kier molecular flexibility index (Phi) is 10.7. The zero-order valence-corrected chi connectivity index (χ0v) is 23.5. The van der Waals surface area contributed by atoms with Gasteiger partial charge < -0.3 is 14.7 Å². The lowest BCUT2D eigenvalue weighted by atomic mass is 10.0. The first-order valence-corrected chi connectivity index (χ1v) is 14.3. The third-order valence-corrected chi connectivity index (χ3v) is 7.46. The molecule has 6 nitrogen and oxygen atoms in total. The SMILES string of the molecule is CC.CCCN(CCC(C)CC)C1COC1.Cc1ccc2nc(-c3cc4ccsc4[nH]c3=O)[nH]c2c1. The largest absolute Gasteiger partial charge is 0.378 e. The number of hydrogen-bond acceptors (Lipinski definition) is 5. The van der Waals surface area contributed by atoms with Crippen molar-refractivity contribution in [2.45, 2.75) is 66.8 Å². The standard InChI is InChI=1S/C15H11N3OS.C12H25NO.C2H6/c1-8-2-3-11-12(6-8)17-13(16-11)10-7-9-4-5-20-15(9)18-14(10)19;1-4-7-13(12-9-14-10-12)8-6-11(3)5-2;1-2/h2-7H,1H3,(H,16,17)(H,18,19);11-12H,4-10H2,1-3H3;1-2H3. The Labute approximate surface area is 219 Å². The molecule has 36 heavy (non-hydrogen) atoms. The van der Waals surface area contributed by atoms with Gasteiger partial charge in [-0.2, -0.15) is 0 Å². The van der Waals surface area contributed by atoms with Crippen LogP contribution >= 0.6 is 11.3 Å². The van der Waals surface area contributed by atoms with Crippen molar-refractivity contribution in [1.82, 2.24) is 19.9 Å². The van der Waals surface area contributed by atoms with Gasteiger partial charge in [-0.3, -0.25) is 9.69 Å². The van der Waals surface area contributed by atoms with Crippen LogP contribution in [0.5, 0.6) is 0 Å². The van der Waals surface area contributed by atoms with Gasteiger partial charge >= 0.3 is 0 Å². The highest BCUT2D eigenvalue weighted by Crippen LogP contribution is 2.23. The highest BCUT2D eigenvalue weighted by molar-refractivity contribution is 7.16. The number of nitrogens with zero attached hydrogens (tertiary/aromatic N) is 2. The molecule has 1 atom stereocenters. The molecule has 0 radical (unpaired) electrons. The molecule has 1 fully saturated rings. The molecule has 1 aromatic carbocycles. The summed E-state index contributed by atoms with van der Waals surface area (Å²) in [5.41, 5.74) is 3.44. The Bertz CT molecular complexity index is 1270. The number of aromatic nitrogens is 3. The molecule has 3 aromatic heterocycles. The van der Waals surface area contributed by atoms with Gasteiger partial charge in [0.25, 0.3) is 5.56 Å². The van der Waals surface area contributed by atoms with E-state index in [9.17, 15) is 4.79 Å². The Morgan fingerprint density at radius 2 is 1.92 bits per heavy atom. The Morgan fingerprint density at radius 1 is 1.14 bits per heavy atom. The smallest absolute Gasteiger partial charge is 0.260 e. The molecule has 4 heterocycles. The molecular weight excluding hydrogens is 468 g/mol. The summed E-state index contributed by atoms with van der Waals surface area (Å²) >= 11 is 1.53. The van der Waals surface area contributed by atoms with Crippen LogP contribution < -0.4 is 5.56 Å². The first-order chi connectivity index (χ1) is 17.5. The normalized spacial score (nSPS) is 14.2. The van der Waals surface area contributed by atoms with Gasteiger partial charge in [-0.1, -0.05) is 47.1 Å². The van der Waals surface area contributed by atoms with Crippen LogP contribution in [0.25, 0.3) is 32.6 Å². The van der Waals surface area contributed by atoms with Crippen LogP contribution in [0.1, 0.15) is 59.4 Å². The number of aromatic amines is 2. The molecule has 0 aliphatic carbocycles. The molecule has 196 valence electrons. The molecule has 0 saturated carbocycles. The lowest BCUT2D eigenvalue weighted by Crippen LogP contribution is -2.49. The second-order valence-corrected chi connectivity index (χ2v) is 10.3. The number of thiophene rings is 1. The summed E-state index contributed by atoms with van der Waals surface area (Å²) in [6, 6.07) is 10.6. The minimum Gasteiger partial charge on any atom is -0.378 e. The van der Waals surface area contributed by atoms with E-state index in [4.69, 9.17) is 4.74 Å². The summed E-state index contributed by atoms with van der Waals surface area (Å²) in [6.45, 7) is 17.3. The lowest BCUT2D eigenvalue weighted by Gasteiger charge is -2.37.